The van der Waals surface area contributed by atoms with E-state index in [0.717, 1.165) is 17.8 Å². The van der Waals surface area contributed by atoms with Gasteiger partial charge in [-0.25, -0.2) is 0 Å². The van der Waals surface area contributed by atoms with Crippen LogP contribution in [-0.4, -0.2) is 29.4 Å². The molecule has 0 fully saturated rings. The molecule has 0 heterocycles. The van der Waals surface area contributed by atoms with Gasteiger partial charge < -0.3 is 5.32 Å². The van der Waals surface area contributed by atoms with E-state index in [-0.39, 0.29) is 0 Å². The quantitative estimate of drug-likeness (QED) is 0.554. The maximum Gasteiger partial charge on any atom is 0.0188 e. The Hall–Kier alpha value is 0.790. The summed E-state index contributed by atoms with van der Waals surface area (Å²) in [7, 11) is 0. The van der Waals surface area contributed by atoms with Crippen LogP contribution in [0.2, 0.25) is 0 Å². The van der Waals surface area contributed by atoms with Crippen molar-refractivity contribution in [2.24, 2.45) is 5.92 Å². The number of nitrogens with one attached hydrogen (secondary N) is 1. The molecule has 1 unspecified atom stereocenters. The maximum atomic E-state index is 3.54. The smallest absolute Gasteiger partial charge is 0.0188 e. The van der Waals surface area contributed by atoms with Crippen molar-refractivity contribution in [3.63, 3.8) is 0 Å². The molecule has 0 aliphatic heterocycles. The molecule has 74 valence electrons. The van der Waals surface area contributed by atoms with Crippen molar-refractivity contribution < 1.29 is 0 Å². The number of hydrogen-bond donors (Lipinski definition) is 1. The zero-order valence-electron chi connectivity index (χ0n) is 8.27. The lowest BCUT2D eigenvalue weighted by molar-refractivity contribution is 0.447. The number of halogens is 1. The van der Waals surface area contributed by atoms with Gasteiger partial charge in [-0.2, -0.15) is 11.8 Å². The summed E-state index contributed by atoms with van der Waals surface area (Å²) in [5.74, 6) is 3.17. The minimum Gasteiger partial charge on any atom is -0.312 e. The van der Waals surface area contributed by atoms with Crippen LogP contribution in [0, 0.1) is 5.92 Å². The van der Waals surface area contributed by atoms with Crippen molar-refractivity contribution in [1.82, 2.24) is 5.32 Å². The summed E-state index contributed by atoms with van der Waals surface area (Å²) in [5.41, 5.74) is 0. The first-order valence-corrected chi connectivity index (χ1v) is 6.87. The van der Waals surface area contributed by atoms with Gasteiger partial charge in [0.15, 0.2) is 0 Å². The van der Waals surface area contributed by atoms with Crippen LogP contribution in [0.1, 0.15) is 20.8 Å². The van der Waals surface area contributed by atoms with E-state index < -0.39 is 0 Å². The topological polar surface area (TPSA) is 12.0 Å². The van der Waals surface area contributed by atoms with Crippen LogP contribution in [0.4, 0.5) is 0 Å². The molecule has 1 nitrogen and oxygen atoms in total. The summed E-state index contributed by atoms with van der Waals surface area (Å²) < 4.78 is 0. The van der Waals surface area contributed by atoms with E-state index >= 15 is 0 Å². The fraction of sp³-hybridized carbons (Fsp3) is 1.00. The highest BCUT2D eigenvalue weighted by atomic mass is 79.9. The average Bonchev–Trinajstić information content (AvgIpc) is 2.04. The van der Waals surface area contributed by atoms with E-state index in [1.807, 2.05) is 11.8 Å². The van der Waals surface area contributed by atoms with Gasteiger partial charge in [-0.05, 0) is 11.7 Å². The summed E-state index contributed by atoms with van der Waals surface area (Å²) in [6.07, 6.45) is 0. The summed E-state index contributed by atoms with van der Waals surface area (Å²) in [5, 5.41) is 4.59. The molecule has 1 atom stereocenters. The Morgan fingerprint density at radius 1 is 1.42 bits per heavy atom. The lowest BCUT2D eigenvalue weighted by Crippen LogP contribution is -2.36. The van der Waals surface area contributed by atoms with Crippen LogP contribution < -0.4 is 5.32 Å². The monoisotopic (exact) mass is 253 g/mol. The molecule has 0 aromatic carbocycles. The average molecular weight is 254 g/mol. The highest BCUT2D eigenvalue weighted by molar-refractivity contribution is 9.09. The zero-order chi connectivity index (χ0) is 9.40. The van der Waals surface area contributed by atoms with Gasteiger partial charge in [-0.3, -0.25) is 0 Å². The van der Waals surface area contributed by atoms with E-state index in [4.69, 9.17) is 0 Å². The van der Waals surface area contributed by atoms with Crippen LogP contribution in [-0.2, 0) is 0 Å². The molecule has 0 bridgehead atoms. The van der Waals surface area contributed by atoms with Crippen molar-refractivity contribution in [3.05, 3.63) is 0 Å². The van der Waals surface area contributed by atoms with Crippen LogP contribution in [0.25, 0.3) is 0 Å². The van der Waals surface area contributed by atoms with Crippen molar-refractivity contribution in [1.29, 1.82) is 0 Å². The van der Waals surface area contributed by atoms with Crippen LogP contribution >= 0.6 is 27.7 Å². The predicted octanol–water partition coefficient (Wildman–Crippen LogP) is 2.75. The molecule has 0 saturated carbocycles. The van der Waals surface area contributed by atoms with Gasteiger partial charge >= 0.3 is 0 Å². The highest BCUT2D eigenvalue weighted by Crippen LogP contribution is 2.05. The van der Waals surface area contributed by atoms with Crippen molar-refractivity contribution in [3.8, 4) is 0 Å². The minimum absolute atomic E-state index is 0.627. The molecule has 0 aromatic heterocycles. The lowest BCUT2D eigenvalue weighted by atomic mass is 10.1. The largest absolute Gasteiger partial charge is 0.312 e. The Morgan fingerprint density at radius 3 is 2.50 bits per heavy atom. The third-order valence-electron chi connectivity index (χ3n) is 1.83. The van der Waals surface area contributed by atoms with E-state index in [1.165, 1.54) is 11.5 Å². The Labute approximate surface area is 89.2 Å². The summed E-state index contributed by atoms with van der Waals surface area (Å²) >= 11 is 5.51. The third kappa shape index (κ3) is 6.32. The second kappa shape index (κ2) is 8.39. The first kappa shape index (κ1) is 12.8. The highest BCUT2D eigenvalue weighted by Gasteiger charge is 2.09. The Balaban J connectivity index is 3.32. The number of thioether (sulfide) groups is 1. The molecule has 0 spiro atoms. The van der Waals surface area contributed by atoms with Gasteiger partial charge in [-0.1, -0.05) is 36.7 Å². The van der Waals surface area contributed by atoms with Gasteiger partial charge in [-0.15, -0.1) is 0 Å². The fourth-order valence-electron chi connectivity index (χ4n) is 0.929. The molecule has 0 amide bonds. The van der Waals surface area contributed by atoms with Gasteiger partial charge in [0.1, 0.15) is 0 Å². The van der Waals surface area contributed by atoms with E-state index in [0.29, 0.717) is 6.04 Å². The van der Waals surface area contributed by atoms with E-state index in [9.17, 15) is 0 Å². The van der Waals surface area contributed by atoms with Gasteiger partial charge in [0.05, 0.1) is 0 Å². The van der Waals surface area contributed by atoms with Crippen LogP contribution in [0.15, 0.2) is 0 Å². The molecular formula is C9H20BrNS. The molecule has 0 aliphatic carbocycles. The van der Waals surface area contributed by atoms with Gasteiger partial charge in [0, 0.05) is 23.7 Å². The predicted molar refractivity (Wildman–Crippen MR) is 63.4 cm³/mol. The molecule has 3 heteroatoms. The third-order valence-corrected chi connectivity index (χ3v) is 3.43. The molecular weight excluding hydrogens is 234 g/mol. The standard InChI is InChI=1S/C9H20BrNS/c1-4-12-6-5-11-9(7-10)8(2)3/h8-9,11H,4-7H2,1-3H3. The summed E-state index contributed by atoms with van der Waals surface area (Å²) in [4.78, 5) is 0. The van der Waals surface area contributed by atoms with Crippen molar-refractivity contribution in [2.75, 3.05) is 23.4 Å². The minimum atomic E-state index is 0.627. The van der Waals surface area contributed by atoms with Gasteiger partial charge in [0.2, 0.25) is 0 Å². The molecule has 0 rings (SSSR count). The van der Waals surface area contributed by atoms with Crippen molar-refractivity contribution >= 4 is 27.7 Å². The van der Waals surface area contributed by atoms with Crippen LogP contribution in [0.3, 0.4) is 0 Å². The second-order valence-corrected chi connectivity index (χ2v) is 5.20. The van der Waals surface area contributed by atoms with Crippen LogP contribution in [0.5, 0.6) is 0 Å². The van der Waals surface area contributed by atoms with Crippen molar-refractivity contribution in [2.45, 2.75) is 26.8 Å². The summed E-state index contributed by atoms with van der Waals surface area (Å²) in [6.45, 7) is 7.85. The normalized spacial score (nSPS) is 13.8. The summed E-state index contributed by atoms with van der Waals surface area (Å²) in [6, 6.07) is 0.627. The Bertz CT molecular complexity index is 98.5. The molecule has 0 saturated heterocycles. The lowest BCUT2D eigenvalue weighted by Gasteiger charge is -2.19. The number of alkyl halides is 1. The first-order valence-electron chi connectivity index (χ1n) is 4.59. The maximum absolute atomic E-state index is 3.54. The molecule has 1 N–H and O–H groups in total. The molecule has 0 radical (unpaired) electrons. The Kier molecular flexibility index (Phi) is 8.94. The Morgan fingerprint density at radius 2 is 2.08 bits per heavy atom. The second-order valence-electron chi connectivity index (χ2n) is 3.16. The SMILES string of the molecule is CCSCCNC(CBr)C(C)C. The molecule has 0 aromatic rings. The van der Waals surface area contributed by atoms with Gasteiger partial charge in [0.25, 0.3) is 0 Å². The first-order chi connectivity index (χ1) is 5.72. The molecule has 0 aliphatic rings. The molecule has 12 heavy (non-hydrogen) atoms. The fourth-order valence-corrected chi connectivity index (χ4v) is 2.46. The van der Waals surface area contributed by atoms with E-state index in [2.05, 4.69) is 42.0 Å². The number of rotatable bonds is 7. The van der Waals surface area contributed by atoms with E-state index in [1.54, 1.807) is 0 Å². The number of hydrogen-bond acceptors (Lipinski definition) is 2. The zero-order valence-corrected chi connectivity index (χ0v) is 10.7.